The van der Waals surface area contributed by atoms with Crippen LogP contribution >= 0.6 is 22.9 Å². The monoisotopic (exact) mass is 466 g/mol. The van der Waals surface area contributed by atoms with Crippen molar-refractivity contribution in [3.8, 4) is 5.75 Å². The van der Waals surface area contributed by atoms with E-state index in [0.717, 1.165) is 11.3 Å². The Morgan fingerprint density at radius 2 is 1.91 bits per heavy atom. The number of benzene rings is 2. The van der Waals surface area contributed by atoms with Crippen LogP contribution < -0.4 is 15.1 Å². The van der Waals surface area contributed by atoms with Gasteiger partial charge in [0.05, 0.1) is 28.8 Å². The number of thiazole rings is 1. The molecule has 0 saturated heterocycles. The van der Waals surface area contributed by atoms with Gasteiger partial charge in [-0.15, -0.1) is 11.3 Å². The fourth-order valence-corrected chi connectivity index (χ4v) is 4.91. The fraction of sp³-hybridized carbons (Fsp3) is 0.208. The fourth-order valence-electron chi connectivity index (χ4n) is 3.91. The number of fused-ring (bicyclic) bond motifs is 2. The molecule has 0 unspecified atom stereocenters. The lowest BCUT2D eigenvalue weighted by Gasteiger charge is -2.23. The van der Waals surface area contributed by atoms with Crippen molar-refractivity contribution in [1.82, 2.24) is 4.98 Å². The van der Waals surface area contributed by atoms with Gasteiger partial charge in [-0.05, 0) is 56.7 Å². The highest BCUT2D eigenvalue weighted by Crippen LogP contribution is 2.42. The van der Waals surface area contributed by atoms with Crippen LogP contribution in [0.4, 0.5) is 5.13 Å². The molecule has 1 atom stereocenters. The normalized spacial score (nSPS) is 15.6. The Morgan fingerprint density at radius 1 is 1.16 bits per heavy atom. The first kappa shape index (κ1) is 20.7. The molecule has 6 nitrogen and oxygen atoms in total. The highest BCUT2D eigenvalue weighted by molar-refractivity contribution is 7.14. The number of nitrogens with zero attached hydrogens (tertiary/aromatic N) is 2. The SMILES string of the molecule is Cc1csc(N2C(=O)c3oc4ccc(Cl)cc4c(=O)c3[C@@H]2c2ccc(OC(C)C)cc2)n1. The zero-order chi connectivity index (χ0) is 22.6. The molecule has 3 heterocycles. The lowest BCUT2D eigenvalue weighted by Crippen LogP contribution is -2.29. The van der Waals surface area contributed by atoms with Crippen molar-refractivity contribution in [2.45, 2.75) is 32.9 Å². The second kappa shape index (κ2) is 7.76. The minimum absolute atomic E-state index is 0.0326. The van der Waals surface area contributed by atoms with Crippen molar-refractivity contribution in [2.24, 2.45) is 0 Å². The van der Waals surface area contributed by atoms with Crippen molar-refractivity contribution < 1.29 is 13.9 Å². The molecule has 0 spiro atoms. The largest absolute Gasteiger partial charge is 0.491 e. The first-order valence-corrected chi connectivity index (χ1v) is 11.4. The van der Waals surface area contributed by atoms with Gasteiger partial charge in [0.1, 0.15) is 11.3 Å². The van der Waals surface area contributed by atoms with E-state index in [1.807, 2.05) is 50.4 Å². The smallest absolute Gasteiger partial charge is 0.297 e. The number of rotatable bonds is 4. The number of ether oxygens (including phenoxy) is 1. The summed E-state index contributed by atoms with van der Waals surface area (Å²) in [4.78, 5) is 33.1. The van der Waals surface area contributed by atoms with E-state index in [9.17, 15) is 9.59 Å². The van der Waals surface area contributed by atoms with Crippen LogP contribution in [0.5, 0.6) is 5.75 Å². The average molecular weight is 467 g/mol. The lowest BCUT2D eigenvalue weighted by atomic mass is 9.98. The summed E-state index contributed by atoms with van der Waals surface area (Å²) in [6.07, 6.45) is 0.0348. The Labute approximate surface area is 193 Å². The Morgan fingerprint density at radius 3 is 2.56 bits per heavy atom. The Bertz CT molecular complexity index is 1410. The number of hydrogen-bond donors (Lipinski definition) is 0. The highest BCUT2D eigenvalue weighted by Gasteiger charge is 2.44. The van der Waals surface area contributed by atoms with Crippen LogP contribution in [0.15, 0.2) is 57.1 Å². The molecule has 162 valence electrons. The molecule has 0 radical (unpaired) electrons. The summed E-state index contributed by atoms with van der Waals surface area (Å²) in [6.45, 7) is 5.77. The second-order valence-corrected chi connectivity index (χ2v) is 9.17. The molecule has 32 heavy (non-hydrogen) atoms. The first-order valence-electron chi connectivity index (χ1n) is 10.1. The number of halogens is 1. The third-order valence-corrected chi connectivity index (χ3v) is 6.41. The summed E-state index contributed by atoms with van der Waals surface area (Å²) in [7, 11) is 0. The number of aromatic nitrogens is 1. The molecule has 0 fully saturated rings. The maximum absolute atomic E-state index is 13.6. The molecule has 2 aromatic heterocycles. The summed E-state index contributed by atoms with van der Waals surface area (Å²) in [5.74, 6) is 0.350. The van der Waals surface area contributed by atoms with Crippen LogP contribution in [0.1, 0.15) is 47.3 Å². The van der Waals surface area contributed by atoms with Gasteiger partial charge in [0.15, 0.2) is 10.6 Å². The number of anilines is 1. The third kappa shape index (κ3) is 3.38. The molecule has 5 rings (SSSR count). The standard InChI is InChI=1S/C24H19ClN2O4S/c1-12(2)30-16-7-4-14(5-8-16)20-19-21(28)17-10-15(25)6-9-18(17)31-22(19)23(29)27(20)24-26-13(3)11-32-24/h4-12,20H,1-3H3/t20-/m0/s1. The second-order valence-electron chi connectivity index (χ2n) is 7.90. The zero-order valence-electron chi connectivity index (χ0n) is 17.6. The molecule has 0 saturated carbocycles. The first-order chi connectivity index (χ1) is 15.3. The number of carbonyl (C=O) groups excluding carboxylic acids is 1. The van der Waals surface area contributed by atoms with Crippen molar-refractivity contribution in [1.29, 1.82) is 0 Å². The molecule has 0 aliphatic carbocycles. The average Bonchev–Trinajstić information content (AvgIpc) is 3.30. The maximum atomic E-state index is 13.6. The van der Waals surface area contributed by atoms with Gasteiger partial charge in [0.2, 0.25) is 5.76 Å². The third-order valence-electron chi connectivity index (χ3n) is 5.21. The van der Waals surface area contributed by atoms with E-state index >= 15 is 0 Å². The van der Waals surface area contributed by atoms with E-state index in [4.69, 9.17) is 20.8 Å². The molecule has 2 aromatic carbocycles. The zero-order valence-corrected chi connectivity index (χ0v) is 19.2. The number of amides is 1. The number of carbonyl (C=O) groups is 1. The van der Waals surface area contributed by atoms with Gasteiger partial charge in [-0.2, -0.15) is 0 Å². The van der Waals surface area contributed by atoms with Crippen LogP contribution in [-0.2, 0) is 0 Å². The minimum Gasteiger partial charge on any atom is -0.491 e. The molecule has 0 N–H and O–H groups in total. The minimum atomic E-state index is -0.671. The summed E-state index contributed by atoms with van der Waals surface area (Å²) in [5, 5.41) is 3.14. The van der Waals surface area contributed by atoms with E-state index in [1.165, 1.54) is 16.2 Å². The molecule has 0 bridgehead atoms. The van der Waals surface area contributed by atoms with Gasteiger partial charge in [-0.25, -0.2) is 4.98 Å². The number of aryl methyl sites for hydroxylation is 1. The van der Waals surface area contributed by atoms with Crippen molar-refractivity contribution in [3.63, 3.8) is 0 Å². The maximum Gasteiger partial charge on any atom is 0.297 e. The van der Waals surface area contributed by atoms with Crippen LogP contribution in [0.2, 0.25) is 5.02 Å². The van der Waals surface area contributed by atoms with E-state index in [2.05, 4.69) is 4.98 Å². The Balaban J connectivity index is 1.73. The molecule has 1 aliphatic rings. The molecular formula is C24H19ClN2O4S. The molecule has 8 heteroatoms. The topological polar surface area (TPSA) is 72.6 Å². The highest BCUT2D eigenvalue weighted by atomic mass is 35.5. The van der Waals surface area contributed by atoms with Crippen molar-refractivity contribution in [2.75, 3.05) is 4.90 Å². The van der Waals surface area contributed by atoms with Gasteiger partial charge in [-0.3, -0.25) is 14.5 Å². The Hall–Kier alpha value is -3.16. The van der Waals surface area contributed by atoms with E-state index in [1.54, 1.807) is 18.2 Å². The summed E-state index contributed by atoms with van der Waals surface area (Å²) in [5.41, 5.74) is 1.89. The van der Waals surface area contributed by atoms with Crippen molar-refractivity contribution >= 4 is 44.9 Å². The van der Waals surface area contributed by atoms with E-state index in [-0.39, 0.29) is 22.9 Å². The predicted octanol–water partition coefficient (Wildman–Crippen LogP) is 5.75. The van der Waals surface area contributed by atoms with Crippen LogP contribution in [-0.4, -0.2) is 17.0 Å². The Kier molecular flexibility index (Phi) is 5.03. The molecule has 1 aliphatic heterocycles. The molecular weight excluding hydrogens is 448 g/mol. The van der Waals surface area contributed by atoms with Gasteiger partial charge in [0.25, 0.3) is 5.91 Å². The quantitative estimate of drug-likeness (QED) is 0.383. The lowest BCUT2D eigenvalue weighted by molar-refractivity contribution is 0.0971. The van der Waals surface area contributed by atoms with Gasteiger partial charge >= 0.3 is 0 Å². The van der Waals surface area contributed by atoms with Gasteiger partial charge in [-0.1, -0.05) is 23.7 Å². The van der Waals surface area contributed by atoms with Crippen LogP contribution in [0.25, 0.3) is 11.0 Å². The van der Waals surface area contributed by atoms with Crippen LogP contribution in [0.3, 0.4) is 0 Å². The van der Waals surface area contributed by atoms with E-state index < -0.39 is 11.9 Å². The van der Waals surface area contributed by atoms with Crippen LogP contribution in [0, 0.1) is 6.92 Å². The van der Waals surface area contributed by atoms with E-state index in [0.29, 0.717) is 26.9 Å². The van der Waals surface area contributed by atoms with Crippen molar-refractivity contribution in [3.05, 3.63) is 85.7 Å². The predicted molar refractivity (Wildman–Crippen MR) is 125 cm³/mol. The summed E-state index contributed by atoms with van der Waals surface area (Å²) >= 11 is 7.48. The number of hydrogen-bond acceptors (Lipinski definition) is 6. The molecule has 4 aromatic rings. The molecule has 1 amide bonds. The van der Waals surface area contributed by atoms with Gasteiger partial charge < -0.3 is 9.15 Å². The summed E-state index contributed by atoms with van der Waals surface area (Å²) in [6, 6.07) is 11.5. The van der Waals surface area contributed by atoms with Gasteiger partial charge in [0, 0.05) is 10.4 Å². The summed E-state index contributed by atoms with van der Waals surface area (Å²) < 4.78 is 11.7.